The summed E-state index contributed by atoms with van der Waals surface area (Å²) in [4.78, 5) is 12.6. The molecule has 1 amide bonds. The Bertz CT molecular complexity index is 522. The molecule has 0 spiro atoms. The number of fused-ring (bicyclic) bond motifs is 1. The van der Waals surface area contributed by atoms with Crippen molar-refractivity contribution in [2.75, 3.05) is 17.2 Å². The molecule has 1 fully saturated rings. The van der Waals surface area contributed by atoms with Gasteiger partial charge in [0, 0.05) is 23.8 Å². The number of nitrogens with one attached hydrogen (secondary N) is 2. The van der Waals surface area contributed by atoms with Crippen LogP contribution in [0.3, 0.4) is 0 Å². The minimum absolute atomic E-state index is 0.126. The van der Waals surface area contributed by atoms with Crippen molar-refractivity contribution >= 4 is 17.3 Å². The molecule has 1 aromatic carbocycles. The molecule has 1 aromatic rings. The van der Waals surface area contributed by atoms with Gasteiger partial charge in [0.1, 0.15) is 0 Å². The zero-order valence-corrected chi connectivity index (χ0v) is 12.5. The molecule has 2 aliphatic rings. The summed E-state index contributed by atoms with van der Waals surface area (Å²) in [5.41, 5.74) is 3.59. The van der Waals surface area contributed by atoms with Crippen molar-refractivity contribution in [2.45, 2.75) is 46.0 Å². The molecular formula is C17H24N2O. The van der Waals surface area contributed by atoms with Crippen molar-refractivity contribution in [3.8, 4) is 0 Å². The summed E-state index contributed by atoms with van der Waals surface area (Å²) >= 11 is 0. The van der Waals surface area contributed by atoms with Gasteiger partial charge in [-0.05, 0) is 48.4 Å². The van der Waals surface area contributed by atoms with Gasteiger partial charge in [0.05, 0.1) is 0 Å². The van der Waals surface area contributed by atoms with Crippen LogP contribution in [0.25, 0.3) is 0 Å². The number of anilines is 2. The lowest BCUT2D eigenvalue weighted by atomic mass is 9.68. The first-order chi connectivity index (χ1) is 9.56. The van der Waals surface area contributed by atoms with Gasteiger partial charge >= 0.3 is 0 Å². The SMILES string of the molecule is CC1(C)CCCCC1C(=O)Nc1ccc2c(c1)CCN2. The van der Waals surface area contributed by atoms with Crippen LogP contribution in [-0.2, 0) is 11.2 Å². The van der Waals surface area contributed by atoms with E-state index in [1.54, 1.807) is 0 Å². The molecule has 3 nitrogen and oxygen atoms in total. The maximum absolute atomic E-state index is 12.6. The van der Waals surface area contributed by atoms with Crippen LogP contribution in [0.15, 0.2) is 18.2 Å². The predicted molar refractivity (Wildman–Crippen MR) is 83.0 cm³/mol. The Morgan fingerprint density at radius 1 is 1.35 bits per heavy atom. The van der Waals surface area contributed by atoms with E-state index >= 15 is 0 Å². The van der Waals surface area contributed by atoms with Gasteiger partial charge in [-0.25, -0.2) is 0 Å². The number of hydrogen-bond acceptors (Lipinski definition) is 2. The highest BCUT2D eigenvalue weighted by Gasteiger charge is 2.37. The Morgan fingerprint density at radius 2 is 2.20 bits per heavy atom. The summed E-state index contributed by atoms with van der Waals surface area (Å²) in [5.74, 6) is 0.336. The van der Waals surface area contributed by atoms with Crippen molar-refractivity contribution in [1.29, 1.82) is 0 Å². The second-order valence-electron chi connectivity index (χ2n) is 6.82. The average molecular weight is 272 g/mol. The van der Waals surface area contributed by atoms with Crippen molar-refractivity contribution in [3.05, 3.63) is 23.8 Å². The minimum atomic E-state index is 0.126. The molecule has 108 valence electrons. The first kappa shape index (κ1) is 13.5. The van der Waals surface area contributed by atoms with Crippen molar-refractivity contribution < 1.29 is 4.79 Å². The van der Waals surface area contributed by atoms with Crippen LogP contribution in [0, 0.1) is 11.3 Å². The molecule has 1 unspecified atom stereocenters. The third-order valence-electron chi connectivity index (χ3n) is 4.91. The number of hydrogen-bond donors (Lipinski definition) is 2. The number of amides is 1. The van der Waals surface area contributed by atoms with E-state index in [0.29, 0.717) is 0 Å². The molecule has 0 bridgehead atoms. The lowest BCUT2D eigenvalue weighted by Crippen LogP contribution is -2.37. The standard InChI is InChI=1S/C17H24N2O/c1-17(2)9-4-3-5-14(17)16(20)19-13-6-7-15-12(11-13)8-10-18-15/h6-7,11,14,18H,3-5,8-10H2,1-2H3,(H,19,20). The smallest absolute Gasteiger partial charge is 0.228 e. The minimum Gasteiger partial charge on any atom is -0.384 e. The van der Waals surface area contributed by atoms with E-state index in [-0.39, 0.29) is 17.2 Å². The van der Waals surface area contributed by atoms with Crippen LogP contribution in [0.1, 0.15) is 45.1 Å². The number of rotatable bonds is 2. The zero-order chi connectivity index (χ0) is 14.2. The Kier molecular flexibility index (Phi) is 3.45. The van der Waals surface area contributed by atoms with Crippen LogP contribution < -0.4 is 10.6 Å². The topological polar surface area (TPSA) is 41.1 Å². The fraction of sp³-hybridized carbons (Fsp3) is 0.588. The summed E-state index contributed by atoms with van der Waals surface area (Å²) in [7, 11) is 0. The van der Waals surface area contributed by atoms with Crippen LogP contribution >= 0.6 is 0 Å². The highest BCUT2D eigenvalue weighted by atomic mass is 16.1. The van der Waals surface area contributed by atoms with E-state index in [1.807, 2.05) is 6.07 Å². The summed E-state index contributed by atoms with van der Waals surface area (Å²) in [6, 6.07) is 6.19. The maximum Gasteiger partial charge on any atom is 0.228 e. The number of carbonyl (C=O) groups is 1. The molecule has 2 N–H and O–H groups in total. The monoisotopic (exact) mass is 272 g/mol. The van der Waals surface area contributed by atoms with E-state index < -0.39 is 0 Å². The molecule has 0 saturated heterocycles. The van der Waals surface area contributed by atoms with Gasteiger partial charge in [0.15, 0.2) is 0 Å². The molecule has 1 aliphatic heterocycles. The highest BCUT2D eigenvalue weighted by molar-refractivity contribution is 5.93. The fourth-order valence-electron chi connectivity index (χ4n) is 3.59. The van der Waals surface area contributed by atoms with Crippen molar-refractivity contribution in [3.63, 3.8) is 0 Å². The van der Waals surface area contributed by atoms with Gasteiger partial charge in [-0.2, -0.15) is 0 Å². The van der Waals surface area contributed by atoms with Gasteiger partial charge < -0.3 is 10.6 Å². The van der Waals surface area contributed by atoms with E-state index in [2.05, 4.69) is 36.6 Å². The molecule has 1 atom stereocenters. The average Bonchev–Trinajstić information content (AvgIpc) is 2.85. The Labute approximate surface area is 121 Å². The molecule has 3 heteroatoms. The van der Waals surface area contributed by atoms with Crippen LogP contribution in [0.5, 0.6) is 0 Å². The normalized spacial score (nSPS) is 23.8. The number of carbonyl (C=O) groups excluding carboxylic acids is 1. The molecule has 1 heterocycles. The largest absolute Gasteiger partial charge is 0.384 e. The fourth-order valence-corrected chi connectivity index (χ4v) is 3.59. The lowest BCUT2D eigenvalue weighted by molar-refractivity contribution is -0.124. The predicted octanol–water partition coefficient (Wildman–Crippen LogP) is 3.81. The quantitative estimate of drug-likeness (QED) is 0.859. The summed E-state index contributed by atoms with van der Waals surface area (Å²) < 4.78 is 0. The summed E-state index contributed by atoms with van der Waals surface area (Å²) in [5, 5.41) is 6.47. The summed E-state index contributed by atoms with van der Waals surface area (Å²) in [6.07, 6.45) is 5.65. The molecule has 0 radical (unpaired) electrons. The maximum atomic E-state index is 12.6. The Hall–Kier alpha value is -1.51. The third kappa shape index (κ3) is 2.54. The second kappa shape index (κ2) is 5.12. The van der Waals surface area contributed by atoms with Crippen molar-refractivity contribution in [1.82, 2.24) is 0 Å². The first-order valence-electron chi connectivity index (χ1n) is 7.74. The van der Waals surface area contributed by atoms with Gasteiger partial charge in [0.2, 0.25) is 5.91 Å². The van der Waals surface area contributed by atoms with Crippen LogP contribution in [0.4, 0.5) is 11.4 Å². The molecule has 20 heavy (non-hydrogen) atoms. The van der Waals surface area contributed by atoms with Crippen LogP contribution in [0.2, 0.25) is 0 Å². The van der Waals surface area contributed by atoms with E-state index in [1.165, 1.54) is 24.1 Å². The second-order valence-corrected chi connectivity index (χ2v) is 6.82. The van der Waals surface area contributed by atoms with Crippen molar-refractivity contribution in [2.24, 2.45) is 11.3 Å². The Balaban J connectivity index is 1.72. The van der Waals surface area contributed by atoms with Gasteiger partial charge in [-0.1, -0.05) is 26.7 Å². The molecule has 0 aromatic heterocycles. The van der Waals surface area contributed by atoms with Crippen LogP contribution in [-0.4, -0.2) is 12.5 Å². The van der Waals surface area contributed by atoms with E-state index in [0.717, 1.165) is 31.5 Å². The van der Waals surface area contributed by atoms with E-state index in [4.69, 9.17) is 0 Å². The third-order valence-corrected chi connectivity index (χ3v) is 4.91. The van der Waals surface area contributed by atoms with Gasteiger partial charge in [0.25, 0.3) is 0 Å². The van der Waals surface area contributed by atoms with Gasteiger partial charge in [-0.15, -0.1) is 0 Å². The van der Waals surface area contributed by atoms with E-state index in [9.17, 15) is 4.79 Å². The van der Waals surface area contributed by atoms with Gasteiger partial charge in [-0.3, -0.25) is 4.79 Å². The molecule has 1 saturated carbocycles. The first-order valence-corrected chi connectivity index (χ1v) is 7.74. The Morgan fingerprint density at radius 3 is 3.00 bits per heavy atom. The molecular weight excluding hydrogens is 248 g/mol. The highest BCUT2D eigenvalue weighted by Crippen LogP contribution is 2.41. The lowest BCUT2D eigenvalue weighted by Gasteiger charge is -2.37. The molecule has 1 aliphatic carbocycles. The summed E-state index contributed by atoms with van der Waals surface area (Å²) in [6.45, 7) is 5.45. The zero-order valence-electron chi connectivity index (χ0n) is 12.5. The number of benzene rings is 1. The molecule has 3 rings (SSSR count).